The summed E-state index contributed by atoms with van der Waals surface area (Å²) in [6.45, 7) is 3.35. The molecule has 0 spiro atoms. The number of rotatable bonds is 7. The van der Waals surface area contributed by atoms with E-state index in [-0.39, 0.29) is 17.4 Å². The third-order valence-electron chi connectivity index (χ3n) is 5.83. The normalized spacial score (nSPS) is 22.4. The minimum atomic E-state index is -0.711. The molecule has 2 atom stereocenters. The topological polar surface area (TPSA) is 85.3 Å². The van der Waals surface area contributed by atoms with Crippen LogP contribution in [0.1, 0.15) is 36.9 Å². The number of likely N-dealkylation sites (tertiary alicyclic amines) is 1. The number of aliphatic hydroxyl groups is 1. The van der Waals surface area contributed by atoms with Gasteiger partial charge in [-0.2, -0.15) is 0 Å². The van der Waals surface area contributed by atoms with Crippen molar-refractivity contribution in [3.05, 3.63) is 65.2 Å². The first kappa shape index (κ1) is 21.9. The van der Waals surface area contributed by atoms with Gasteiger partial charge in [0.1, 0.15) is 17.3 Å². The van der Waals surface area contributed by atoms with E-state index in [1.54, 1.807) is 43.5 Å². The van der Waals surface area contributed by atoms with Gasteiger partial charge in [-0.25, -0.2) is 0 Å². The van der Waals surface area contributed by atoms with Gasteiger partial charge in [0.2, 0.25) is 0 Å². The number of amides is 1. The van der Waals surface area contributed by atoms with E-state index in [4.69, 9.17) is 14.2 Å². The lowest BCUT2D eigenvalue weighted by Gasteiger charge is -2.27. The Morgan fingerprint density at radius 3 is 2.38 bits per heavy atom. The summed E-state index contributed by atoms with van der Waals surface area (Å²) < 4.78 is 16.4. The van der Waals surface area contributed by atoms with Gasteiger partial charge < -0.3 is 24.2 Å². The molecule has 0 bridgehead atoms. The molecule has 2 aromatic rings. The predicted octanol–water partition coefficient (Wildman–Crippen LogP) is 3.69. The Bertz CT molecular complexity index is 1010. The molecular formula is C25H27NO6. The van der Waals surface area contributed by atoms with Crippen LogP contribution in [0.15, 0.2) is 54.1 Å². The summed E-state index contributed by atoms with van der Waals surface area (Å²) in [4.78, 5) is 27.6. The molecule has 0 aliphatic carbocycles. The van der Waals surface area contributed by atoms with E-state index in [1.807, 2.05) is 19.1 Å². The lowest BCUT2D eigenvalue weighted by atomic mass is 9.95. The second-order valence-corrected chi connectivity index (χ2v) is 7.82. The second-order valence-electron chi connectivity index (χ2n) is 7.82. The van der Waals surface area contributed by atoms with Crippen LogP contribution in [-0.2, 0) is 14.3 Å². The maximum absolute atomic E-state index is 13.1. The van der Waals surface area contributed by atoms with Crippen LogP contribution in [0, 0.1) is 0 Å². The van der Waals surface area contributed by atoms with Crippen molar-refractivity contribution < 1.29 is 28.9 Å². The average Bonchev–Trinajstić information content (AvgIpc) is 3.42. The van der Waals surface area contributed by atoms with Gasteiger partial charge in [0.25, 0.3) is 11.7 Å². The van der Waals surface area contributed by atoms with Crippen LogP contribution < -0.4 is 9.47 Å². The van der Waals surface area contributed by atoms with Gasteiger partial charge in [0, 0.05) is 18.7 Å². The summed E-state index contributed by atoms with van der Waals surface area (Å²) >= 11 is 0. The zero-order chi connectivity index (χ0) is 22.7. The molecule has 2 fully saturated rings. The number of aliphatic hydroxyl groups excluding tert-OH is 1. The Morgan fingerprint density at radius 1 is 1.09 bits per heavy atom. The van der Waals surface area contributed by atoms with E-state index in [1.165, 1.54) is 4.90 Å². The molecule has 2 aliphatic heterocycles. The molecule has 2 aromatic carbocycles. The highest BCUT2D eigenvalue weighted by Crippen LogP contribution is 2.40. The Balaban J connectivity index is 1.77. The number of ketones is 1. The molecule has 2 heterocycles. The van der Waals surface area contributed by atoms with Crippen LogP contribution >= 0.6 is 0 Å². The first-order chi connectivity index (χ1) is 15.5. The number of benzene rings is 2. The zero-order valence-electron chi connectivity index (χ0n) is 18.2. The van der Waals surface area contributed by atoms with Crippen LogP contribution in [0.3, 0.4) is 0 Å². The zero-order valence-corrected chi connectivity index (χ0v) is 18.2. The predicted molar refractivity (Wildman–Crippen MR) is 119 cm³/mol. The molecule has 2 unspecified atom stereocenters. The summed E-state index contributed by atoms with van der Waals surface area (Å²) in [5.74, 6) is -0.211. The van der Waals surface area contributed by atoms with Crippen LogP contribution in [-0.4, -0.2) is 54.7 Å². The van der Waals surface area contributed by atoms with E-state index < -0.39 is 17.7 Å². The Morgan fingerprint density at radius 2 is 1.78 bits per heavy atom. The second kappa shape index (κ2) is 9.44. The maximum Gasteiger partial charge on any atom is 0.295 e. The minimum Gasteiger partial charge on any atom is -0.507 e. The van der Waals surface area contributed by atoms with Gasteiger partial charge in [0.15, 0.2) is 0 Å². The van der Waals surface area contributed by atoms with Gasteiger partial charge in [0.05, 0.1) is 31.4 Å². The number of carbonyl (C=O) groups excluding carboxylic acids is 2. The van der Waals surface area contributed by atoms with Crippen molar-refractivity contribution >= 4 is 17.4 Å². The van der Waals surface area contributed by atoms with Crippen molar-refractivity contribution in [1.29, 1.82) is 0 Å². The first-order valence-corrected chi connectivity index (χ1v) is 10.8. The standard InChI is InChI=1S/C25H27NO6/c1-3-31-19-12-8-17(9-13-19)23(27)21-22(16-6-10-18(30-2)11-7-16)26(25(29)24(21)28)15-20-5-4-14-32-20/h6-13,20,22,27H,3-5,14-15H2,1-2H3/b23-21-. The summed E-state index contributed by atoms with van der Waals surface area (Å²) in [6.07, 6.45) is 1.63. The van der Waals surface area contributed by atoms with Crippen molar-refractivity contribution in [2.45, 2.75) is 31.9 Å². The first-order valence-electron chi connectivity index (χ1n) is 10.8. The van der Waals surface area contributed by atoms with Gasteiger partial charge in [-0.1, -0.05) is 12.1 Å². The number of carbonyl (C=O) groups is 2. The van der Waals surface area contributed by atoms with E-state index >= 15 is 0 Å². The van der Waals surface area contributed by atoms with Crippen molar-refractivity contribution in [3.8, 4) is 11.5 Å². The van der Waals surface area contributed by atoms with Crippen molar-refractivity contribution in [2.75, 3.05) is 26.9 Å². The van der Waals surface area contributed by atoms with E-state index in [2.05, 4.69) is 0 Å². The summed E-state index contributed by atoms with van der Waals surface area (Å²) in [5.41, 5.74) is 1.24. The van der Waals surface area contributed by atoms with Crippen LogP contribution in [0.2, 0.25) is 0 Å². The van der Waals surface area contributed by atoms with Crippen molar-refractivity contribution in [3.63, 3.8) is 0 Å². The molecule has 2 aliphatic rings. The highest BCUT2D eigenvalue weighted by molar-refractivity contribution is 6.46. The molecular weight excluding hydrogens is 410 g/mol. The quantitative estimate of drug-likeness (QED) is 0.404. The summed E-state index contributed by atoms with van der Waals surface area (Å²) in [6, 6.07) is 13.3. The Labute approximate surface area is 187 Å². The number of Topliss-reactive ketones (excluding diaryl/α,β-unsaturated/α-hetero) is 1. The fourth-order valence-electron chi connectivity index (χ4n) is 4.24. The third kappa shape index (κ3) is 4.21. The molecule has 1 N–H and O–H groups in total. The minimum absolute atomic E-state index is 0.0716. The molecule has 168 valence electrons. The third-order valence-corrected chi connectivity index (χ3v) is 5.83. The van der Waals surface area contributed by atoms with E-state index in [9.17, 15) is 14.7 Å². The van der Waals surface area contributed by atoms with Gasteiger partial charge in [-0.15, -0.1) is 0 Å². The number of ether oxygens (including phenoxy) is 3. The monoisotopic (exact) mass is 437 g/mol. The van der Waals surface area contributed by atoms with Crippen LogP contribution in [0.5, 0.6) is 11.5 Å². The molecule has 4 rings (SSSR count). The van der Waals surface area contributed by atoms with Crippen LogP contribution in [0.4, 0.5) is 0 Å². The summed E-state index contributed by atoms with van der Waals surface area (Å²) in [7, 11) is 1.57. The number of hydrogen-bond acceptors (Lipinski definition) is 6. The lowest BCUT2D eigenvalue weighted by molar-refractivity contribution is -0.140. The number of hydrogen-bond donors (Lipinski definition) is 1. The summed E-state index contributed by atoms with van der Waals surface area (Å²) in [5, 5.41) is 11.1. The highest BCUT2D eigenvalue weighted by atomic mass is 16.5. The molecule has 0 saturated carbocycles. The SMILES string of the molecule is CCOc1ccc(/C(O)=C2/C(=O)C(=O)N(CC3CCCO3)C2c2ccc(OC)cc2)cc1. The molecule has 1 amide bonds. The molecule has 0 aromatic heterocycles. The lowest BCUT2D eigenvalue weighted by Crippen LogP contribution is -2.36. The van der Waals surface area contributed by atoms with E-state index in [0.717, 1.165) is 18.4 Å². The van der Waals surface area contributed by atoms with E-state index in [0.29, 0.717) is 36.8 Å². The van der Waals surface area contributed by atoms with Crippen LogP contribution in [0.25, 0.3) is 5.76 Å². The maximum atomic E-state index is 13.1. The average molecular weight is 437 g/mol. The molecule has 7 nitrogen and oxygen atoms in total. The van der Waals surface area contributed by atoms with Gasteiger partial charge in [-0.3, -0.25) is 9.59 Å². The molecule has 7 heteroatoms. The van der Waals surface area contributed by atoms with Crippen molar-refractivity contribution in [1.82, 2.24) is 4.90 Å². The Kier molecular flexibility index (Phi) is 6.46. The smallest absolute Gasteiger partial charge is 0.295 e. The highest BCUT2D eigenvalue weighted by Gasteiger charge is 2.47. The Hall–Kier alpha value is -3.32. The molecule has 0 radical (unpaired) electrons. The molecule has 32 heavy (non-hydrogen) atoms. The van der Waals surface area contributed by atoms with Gasteiger partial charge >= 0.3 is 0 Å². The van der Waals surface area contributed by atoms with Gasteiger partial charge in [-0.05, 0) is 61.7 Å². The fourth-order valence-corrected chi connectivity index (χ4v) is 4.24. The largest absolute Gasteiger partial charge is 0.507 e. The molecule has 2 saturated heterocycles. The number of nitrogens with zero attached hydrogens (tertiary/aromatic N) is 1. The number of methoxy groups -OCH3 is 1. The van der Waals surface area contributed by atoms with Crippen molar-refractivity contribution in [2.24, 2.45) is 0 Å². The fraction of sp³-hybridized carbons (Fsp3) is 0.360.